The largest absolute Gasteiger partial charge is 0.383 e. The van der Waals surface area contributed by atoms with E-state index in [-0.39, 0.29) is 5.02 Å². The van der Waals surface area contributed by atoms with Crippen molar-refractivity contribution in [2.24, 2.45) is 0 Å². The molecule has 5 heteroatoms. The number of hydrogen-bond donors (Lipinski definition) is 1. The second kappa shape index (κ2) is 4.24. The van der Waals surface area contributed by atoms with Crippen LogP contribution in [-0.4, -0.2) is 9.38 Å². The lowest BCUT2D eigenvalue weighted by Gasteiger charge is -2.01. The predicted molar refractivity (Wildman–Crippen MR) is 74.7 cm³/mol. The van der Waals surface area contributed by atoms with E-state index >= 15 is 0 Å². The molecule has 1 aromatic carbocycles. The number of nitrogens with two attached hydrogens (primary N) is 1. The van der Waals surface area contributed by atoms with Crippen molar-refractivity contribution in [2.45, 2.75) is 6.92 Å². The van der Waals surface area contributed by atoms with Crippen molar-refractivity contribution in [2.75, 3.05) is 5.73 Å². The number of nitrogen functional groups attached to an aromatic ring is 1. The van der Waals surface area contributed by atoms with Crippen molar-refractivity contribution in [1.29, 1.82) is 0 Å². The summed E-state index contributed by atoms with van der Waals surface area (Å²) < 4.78 is 15.3. The Balaban J connectivity index is 2.24. The summed E-state index contributed by atoms with van der Waals surface area (Å²) in [6.07, 6.45) is 1.85. The maximum Gasteiger partial charge on any atom is 0.142 e. The van der Waals surface area contributed by atoms with Gasteiger partial charge in [0.15, 0.2) is 0 Å². The fourth-order valence-electron chi connectivity index (χ4n) is 2.02. The summed E-state index contributed by atoms with van der Waals surface area (Å²) in [5.74, 6) is 0.00326. The Morgan fingerprint density at radius 1 is 1.26 bits per heavy atom. The van der Waals surface area contributed by atoms with Gasteiger partial charge in [0, 0.05) is 11.8 Å². The minimum Gasteiger partial charge on any atom is -0.383 e. The summed E-state index contributed by atoms with van der Waals surface area (Å²) in [4.78, 5) is 4.44. The maximum absolute atomic E-state index is 13.5. The molecule has 0 amide bonds. The van der Waals surface area contributed by atoms with Crippen LogP contribution in [0.4, 0.5) is 10.2 Å². The van der Waals surface area contributed by atoms with Crippen molar-refractivity contribution in [3.8, 4) is 11.3 Å². The van der Waals surface area contributed by atoms with Gasteiger partial charge in [-0.25, -0.2) is 9.37 Å². The van der Waals surface area contributed by atoms with Crippen LogP contribution in [0.3, 0.4) is 0 Å². The number of hydrogen-bond acceptors (Lipinski definition) is 2. The molecule has 2 aromatic heterocycles. The normalized spacial score (nSPS) is 11.1. The fraction of sp³-hybridized carbons (Fsp3) is 0.0714. The van der Waals surface area contributed by atoms with Crippen LogP contribution in [0.2, 0.25) is 5.02 Å². The van der Waals surface area contributed by atoms with Crippen LogP contribution in [0, 0.1) is 12.7 Å². The number of aryl methyl sites for hydroxylation is 1. The Hall–Kier alpha value is -2.07. The van der Waals surface area contributed by atoms with E-state index in [0.717, 1.165) is 11.2 Å². The third kappa shape index (κ3) is 1.94. The summed E-state index contributed by atoms with van der Waals surface area (Å²) in [5.41, 5.74) is 9.05. The van der Waals surface area contributed by atoms with E-state index in [1.54, 1.807) is 10.5 Å². The zero-order valence-corrected chi connectivity index (χ0v) is 10.9. The summed E-state index contributed by atoms with van der Waals surface area (Å²) in [7, 11) is 0. The molecular weight excluding hydrogens is 265 g/mol. The van der Waals surface area contributed by atoms with Gasteiger partial charge in [-0.1, -0.05) is 17.7 Å². The monoisotopic (exact) mass is 275 g/mol. The van der Waals surface area contributed by atoms with Gasteiger partial charge >= 0.3 is 0 Å². The molecular formula is C14H11ClFN3. The molecule has 96 valence electrons. The van der Waals surface area contributed by atoms with Crippen LogP contribution in [0.15, 0.2) is 36.5 Å². The molecule has 19 heavy (non-hydrogen) atoms. The van der Waals surface area contributed by atoms with Gasteiger partial charge in [0.05, 0.1) is 5.02 Å². The first-order valence-corrected chi connectivity index (χ1v) is 6.13. The highest BCUT2D eigenvalue weighted by Crippen LogP contribution is 2.29. The molecule has 0 bridgehead atoms. The first-order chi connectivity index (χ1) is 9.06. The summed E-state index contributed by atoms with van der Waals surface area (Å²) in [5, 5.41) is 0.0851. The van der Waals surface area contributed by atoms with Gasteiger partial charge in [-0.2, -0.15) is 0 Å². The molecule has 2 N–H and O–H groups in total. The first kappa shape index (κ1) is 12.0. The van der Waals surface area contributed by atoms with Crippen molar-refractivity contribution >= 4 is 23.1 Å². The first-order valence-electron chi connectivity index (χ1n) is 5.76. The number of benzene rings is 1. The molecule has 0 aliphatic carbocycles. The third-order valence-corrected chi connectivity index (χ3v) is 3.32. The number of rotatable bonds is 1. The number of pyridine rings is 1. The molecule has 0 unspecified atom stereocenters. The maximum atomic E-state index is 13.5. The van der Waals surface area contributed by atoms with Crippen molar-refractivity contribution in [1.82, 2.24) is 9.38 Å². The van der Waals surface area contributed by atoms with Gasteiger partial charge < -0.3 is 5.73 Å². The van der Waals surface area contributed by atoms with Crippen molar-refractivity contribution in [3.63, 3.8) is 0 Å². The van der Waals surface area contributed by atoms with E-state index in [0.29, 0.717) is 17.1 Å². The molecule has 0 fully saturated rings. The summed E-state index contributed by atoms with van der Waals surface area (Å²) >= 11 is 5.68. The van der Waals surface area contributed by atoms with Gasteiger partial charge in [0.2, 0.25) is 0 Å². The Kier molecular flexibility index (Phi) is 2.68. The van der Waals surface area contributed by atoms with Crippen LogP contribution in [0.5, 0.6) is 0 Å². The number of fused-ring (bicyclic) bond motifs is 1. The highest BCUT2D eigenvalue weighted by molar-refractivity contribution is 6.30. The van der Waals surface area contributed by atoms with Crippen LogP contribution in [0.25, 0.3) is 16.9 Å². The molecule has 3 aromatic rings. The zero-order valence-electron chi connectivity index (χ0n) is 10.2. The highest BCUT2D eigenvalue weighted by atomic mass is 35.5. The topological polar surface area (TPSA) is 43.3 Å². The van der Waals surface area contributed by atoms with E-state index in [1.165, 1.54) is 12.1 Å². The van der Waals surface area contributed by atoms with Crippen LogP contribution in [0.1, 0.15) is 5.56 Å². The Morgan fingerprint density at radius 2 is 2.05 bits per heavy atom. The van der Waals surface area contributed by atoms with Crippen LogP contribution < -0.4 is 5.73 Å². The van der Waals surface area contributed by atoms with E-state index in [9.17, 15) is 4.39 Å². The Bertz CT molecular complexity index is 780. The van der Waals surface area contributed by atoms with Crippen molar-refractivity contribution in [3.05, 3.63) is 52.9 Å². The summed E-state index contributed by atoms with van der Waals surface area (Å²) in [6, 6.07) is 8.41. The molecule has 0 aliphatic rings. The molecule has 0 saturated carbocycles. The quantitative estimate of drug-likeness (QED) is 0.736. The Morgan fingerprint density at radius 3 is 2.79 bits per heavy atom. The lowest BCUT2D eigenvalue weighted by Crippen LogP contribution is -1.94. The van der Waals surface area contributed by atoms with E-state index in [2.05, 4.69) is 4.98 Å². The number of imidazole rings is 1. The second-order valence-electron chi connectivity index (χ2n) is 4.41. The smallest absolute Gasteiger partial charge is 0.142 e. The van der Waals surface area contributed by atoms with Gasteiger partial charge in [0.25, 0.3) is 0 Å². The molecule has 2 heterocycles. The van der Waals surface area contributed by atoms with Crippen LogP contribution in [-0.2, 0) is 0 Å². The number of anilines is 1. The minimum atomic E-state index is -0.480. The predicted octanol–water partition coefficient (Wildman–Crippen LogP) is 3.68. The van der Waals surface area contributed by atoms with E-state index in [4.69, 9.17) is 17.3 Å². The third-order valence-electron chi connectivity index (χ3n) is 3.01. The zero-order chi connectivity index (χ0) is 13.6. The Labute approximate surface area is 114 Å². The molecule has 0 spiro atoms. The molecule has 0 aliphatic heterocycles. The fourth-order valence-corrected chi connectivity index (χ4v) is 2.14. The van der Waals surface area contributed by atoms with Gasteiger partial charge in [-0.3, -0.25) is 4.40 Å². The number of halogens is 2. The average Bonchev–Trinajstić information content (AvgIpc) is 2.70. The lowest BCUT2D eigenvalue weighted by molar-refractivity contribution is 0.629. The second-order valence-corrected chi connectivity index (χ2v) is 4.81. The van der Waals surface area contributed by atoms with Gasteiger partial charge in [-0.05, 0) is 36.8 Å². The standard InChI is InChI=1S/C14H11ClFN3/c1-8-4-5-19-12(6-8)18-13(14(19)17)9-2-3-10(15)11(16)7-9/h2-7H,17H2,1H3. The van der Waals surface area contributed by atoms with Crippen LogP contribution >= 0.6 is 11.6 Å². The number of nitrogens with zero attached hydrogens (tertiary/aromatic N) is 2. The minimum absolute atomic E-state index is 0.0851. The van der Waals surface area contributed by atoms with Gasteiger partial charge in [0.1, 0.15) is 23.0 Å². The lowest BCUT2D eigenvalue weighted by atomic mass is 10.1. The molecule has 0 radical (unpaired) electrons. The highest BCUT2D eigenvalue weighted by Gasteiger charge is 2.12. The molecule has 3 nitrogen and oxygen atoms in total. The number of aromatic nitrogens is 2. The summed E-state index contributed by atoms with van der Waals surface area (Å²) in [6.45, 7) is 1.98. The average molecular weight is 276 g/mol. The molecule has 0 saturated heterocycles. The van der Waals surface area contributed by atoms with E-state index in [1.807, 2.05) is 25.3 Å². The molecule has 0 atom stereocenters. The van der Waals surface area contributed by atoms with E-state index < -0.39 is 5.82 Å². The van der Waals surface area contributed by atoms with Crippen molar-refractivity contribution < 1.29 is 4.39 Å². The SMILES string of the molecule is Cc1ccn2c(N)c(-c3ccc(Cl)c(F)c3)nc2c1. The molecule has 3 rings (SSSR count). The van der Waals surface area contributed by atoms with Gasteiger partial charge in [-0.15, -0.1) is 0 Å².